The maximum Gasteiger partial charge on any atom is 0.134 e. The van der Waals surface area contributed by atoms with Crippen LogP contribution in [0.2, 0.25) is 0 Å². The highest BCUT2D eigenvalue weighted by molar-refractivity contribution is 9.11. The van der Waals surface area contributed by atoms with E-state index >= 15 is 0 Å². The Morgan fingerprint density at radius 2 is 1.29 bits per heavy atom. The summed E-state index contributed by atoms with van der Waals surface area (Å²) in [5.41, 5.74) is 2.45. The van der Waals surface area contributed by atoms with E-state index in [1.165, 1.54) is 0 Å². The Bertz CT molecular complexity index is 924. The normalized spacial score (nSPS) is 11.2. The van der Waals surface area contributed by atoms with Crippen LogP contribution in [-0.2, 0) is 19.6 Å². The summed E-state index contributed by atoms with van der Waals surface area (Å²) < 4.78 is 3.00. The van der Waals surface area contributed by atoms with Gasteiger partial charge in [-0.2, -0.15) is 0 Å². The fourth-order valence-electron chi connectivity index (χ4n) is 2.85. The zero-order valence-corrected chi connectivity index (χ0v) is 20.9. The molecule has 0 fully saturated rings. The van der Waals surface area contributed by atoms with Gasteiger partial charge in [-0.1, -0.05) is 37.9 Å². The molecule has 4 nitrogen and oxygen atoms in total. The molecule has 8 heteroatoms. The van der Waals surface area contributed by atoms with Crippen molar-refractivity contribution in [3.05, 3.63) is 83.4 Å². The Labute approximate surface area is 197 Å². The van der Waals surface area contributed by atoms with Gasteiger partial charge in [-0.3, -0.25) is 9.88 Å². The summed E-state index contributed by atoms with van der Waals surface area (Å²) >= 11 is 13.7. The van der Waals surface area contributed by atoms with Gasteiger partial charge in [0.15, 0.2) is 0 Å². The SMILES string of the molecule is Oc1c(Br)cc(Br)cc1CN(Cc1ccccn1)Cc1cc(Br)cc(Br)c1O. The van der Waals surface area contributed by atoms with Crippen LogP contribution in [0.1, 0.15) is 16.8 Å². The molecular formula is C20H16Br4N2O2. The quantitative estimate of drug-likeness (QED) is 0.315. The molecule has 0 spiro atoms. The van der Waals surface area contributed by atoms with E-state index in [0.717, 1.165) is 25.8 Å². The van der Waals surface area contributed by atoms with Gasteiger partial charge in [-0.25, -0.2) is 0 Å². The first-order valence-electron chi connectivity index (χ1n) is 8.29. The second-order valence-corrected chi connectivity index (χ2v) is 9.80. The summed E-state index contributed by atoms with van der Waals surface area (Å²) in [6.07, 6.45) is 1.76. The van der Waals surface area contributed by atoms with Crippen LogP contribution in [-0.4, -0.2) is 20.1 Å². The zero-order chi connectivity index (χ0) is 20.3. The van der Waals surface area contributed by atoms with Crippen molar-refractivity contribution in [3.63, 3.8) is 0 Å². The van der Waals surface area contributed by atoms with Crippen molar-refractivity contribution >= 4 is 63.7 Å². The van der Waals surface area contributed by atoms with Crippen molar-refractivity contribution in [1.82, 2.24) is 9.88 Å². The van der Waals surface area contributed by atoms with Crippen LogP contribution in [0.5, 0.6) is 11.5 Å². The van der Waals surface area contributed by atoms with Gasteiger partial charge in [0.1, 0.15) is 11.5 Å². The van der Waals surface area contributed by atoms with Gasteiger partial charge in [-0.05, 0) is 68.3 Å². The summed E-state index contributed by atoms with van der Waals surface area (Å²) in [4.78, 5) is 6.53. The molecule has 1 heterocycles. The lowest BCUT2D eigenvalue weighted by atomic mass is 10.1. The van der Waals surface area contributed by atoms with E-state index in [0.29, 0.717) is 28.6 Å². The number of nitrogens with zero attached hydrogens (tertiary/aromatic N) is 2. The lowest BCUT2D eigenvalue weighted by Crippen LogP contribution is -2.23. The lowest BCUT2D eigenvalue weighted by Gasteiger charge is -2.24. The third-order valence-electron chi connectivity index (χ3n) is 4.11. The van der Waals surface area contributed by atoms with Gasteiger partial charge in [0, 0.05) is 45.9 Å². The van der Waals surface area contributed by atoms with E-state index in [-0.39, 0.29) is 11.5 Å². The van der Waals surface area contributed by atoms with E-state index in [2.05, 4.69) is 73.6 Å². The minimum Gasteiger partial charge on any atom is -0.506 e. The molecule has 3 rings (SSSR count). The minimum absolute atomic E-state index is 0.203. The topological polar surface area (TPSA) is 56.6 Å². The smallest absolute Gasteiger partial charge is 0.134 e. The van der Waals surface area contributed by atoms with Gasteiger partial charge < -0.3 is 10.2 Å². The average molecular weight is 636 g/mol. The number of rotatable bonds is 6. The van der Waals surface area contributed by atoms with Crippen molar-refractivity contribution in [1.29, 1.82) is 0 Å². The van der Waals surface area contributed by atoms with Crippen LogP contribution in [0, 0.1) is 0 Å². The number of pyridine rings is 1. The Hall–Kier alpha value is -0.930. The zero-order valence-electron chi connectivity index (χ0n) is 14.5. The van der Waals surface area contributed by atoms with E-state index in [4.69, 9.17) is 0 Å². The summed E-state index contributed by atoms with van der Waals surface area (Å²) in [7, 11) is 0. The van der Waals surface area contributed by atoms with Gasteiger partial charge >= 0.3 is 0 Å². The highest BCUT2D eigenvalue weighted by Gasteiger charge is 2.17. The standard InChI is InChI=1S/C20H16Br4N2O2/c21-14-5-12(19(27)17(23)7-14)9-26(11-16-3-1-2-4-25-16)10-13-6-15(22)8-18(24)20(13)28/h1-8,27-28H,9-11H2. The molecule has 0 aliphatic rings. The fourth-order valence-corrected chi connectivity index (χ4v) is 5.48. The second kappa shape index (κ2) is 9.71. The first-order valence-corrected chi connectivity index (χ1v) is 11.5. The van der Waals surface area contributed by atoms with Crippen molar-refractivity contribution in [2.45, 2.75) is 19.6 Å². The molecule has 2 N–H and O–H groups in total. The van der Waals surface area contributed by atoms with Gasteiger partial charge in [-0.15, -0.1) is 0 Å². The van der Waals surface area contributed by atoms with Gasteiger partial charge in [0.05, 0.1) is 14.6 Å². The number of hydrogen-bond donors (Lipinski definition) is 2. The first kappa shape index (κ1) is 21.8. The molecule has 0 saturated carbocycles. The van der Waals surface area contributed by atoms with Crippen molar-refractivity contribution in [2.75, 3.05) is 0 Å². The highest BCUT2D eigenvalue weighted by Crippen LogP contribution is 2.35. The number of phenolic OH excluding ortho intramolecular Hbond substituents is 2. The van der Waals surface area contributed by atoms with Crippen molar-refractivity contribution in [3.8, 4) is 11.5 Å². The molecule has 0 bridgehead atoms. The number of halogens is 4. The maximum atomic E-state index is 10.5. The molecule has 0 radical (unpaired) electrons. The van der Waals surface area contributed by atoms with Gasteiger partial charge in [0.25, 0.3) is 0 Å². The summed E-state index contributed by atoms with van der Waals surface area (Å²) in [5, 5.41) is 20.9. The van der Waals surface area contributed by atoms with E-state index < -0.39 is 0 Å². The molecule has 2 aromatic carbocycles. The molecule has 0 atom stereocenters. The van der Waals surface area contributed by atoms with Crippen LogP contribution >= 0.6 is 63.7 Å². The molecule has 1 aromatic heterocycles. The second-order valence-electron chi connectivity index (χ2n) is 6.26. The molecule has 3 aromatic rings. The van der Waals surface area contributed by atoms with Crippen molar-refractivity contribution < 1.29 is 10.2 Å². The largest absolute Gasteiger partial charge is 0.506 e. The van der Waals surface area contributed by atoms with Gasteiger partial charge in [0.2, 0.25) is 0 Å². The molecule has 0 aliphatic heterocycles. The number of phenols is 2. The molecule has 0 aliphatic carbocycles. The number of hydrogen-bond acceptors (Lipinski definition) is 4. The fraction of sp³-hybridized carbons (Fsp3) is 0.150. The Morgan fingerprint density at radius 1 is 0.750 bits per heavy atom. The molecular weight excluding hydrogens is 620 g/mol. The summed E-state index contributed by atoms with van der Waals surface area (Å²) in [6.45, 7) is 1.52. The number of aromatic hydroxyl groups is 2. The monoisotopic (exact) mass is 632 g/mol. The number of aromatic nitrogens is 1. The average Bonchev–Trinajstić information content (AvgIpc) is 2.64. The maximum absolute atomic E-state index is 10.5. The van der Waals surface area contributed by atoms with Crippen LogP contribution in [0.15, 0.2) is 66.6 Å². The van der Waals surface area contributed by atoms with Crippen molar-refractivity contribution in [2.24, 2.45) is 0 Å². The number of benzene rings is 2. The first-order chi connectivity index (χ1) is 13.3. The molecule has 0 unspecified atom stereocenters. The van der Waals surface area contributed by atoms with Crippen LogP contribution in [0.3, 0.4) is 0 Å². The Balaban J connectivity index is 1.94. The van der Waals surface area contributed by atoms with E-state index in [1.54, 1.807) is 18.3 Å². The highest BCUT2D eigenvalue weighted by atomic mass is 79.9. The summed E-state index contributed by atoms with van der Waals surface area (Å²) in [5.74, 6) is 0.405. The van der Waals surface area contributed by atoms with Crippen LogP contribution < -0.4 is 0 Å². The lowest BCUT2D eigenvalue weighted by molar-refractivity contribution is 0.238. The third-order valence-corrected chi connectivity index (χ3v) is 6.24. The minimum atomic E-state index is 0.203. The molecule has 28 heavy (non-hydrogen) atoms. The molecule has 146 valence electrons. The summed E-state index contributed by atoms with van der Waals surface area (Å²) in [6, 6.07) is 13.2. The third kappa shape index (κ3) is 5.57. The van der Waals surface area contributed by atoms with Crippen LogP contribution in [0.4, 0.5) is 0 Å². The Morgan fingerprint density at radius 3 is 1.75 bits per heavy atom. The van der Waals surface area contributed by atoms with Crippen LogP contribution in [0.25, 0.3) is 0 Å². The molecule has 0 amide bonds. The predicted molar refractivity (Wildman–Crippen MR) is 124 cm³/mol. The predicted octanol–water partition coefficient (Wildman–Crippen LogP) is 6.75. The molecule has 0 saturated heterocycles. The Kier molecular flexibility index (Phi) is 7.55. The van der Waals surface area contributed by atoms with E-state index in [9.17, 15) is 10.2 Å². The van der Waals surface area contributed by atoms with E-state index in [1.807, 2.05) is 30.3 Å².